The average molecular weight is 261 g/mol. The van der Waals surface area contributed by atoms with Crippen LogP contribution >= 0.6 is 0 Å². The molecule has 0 saturated carbocycles. The number of hydrogen-bond acceptors (Lipinski definition) is 3. The molecule has 3 nitrogen and oxygen atoms in total. The van der Waals surface area contributed by atoms with Crippen LogP contribution in [0.3, 0.4) is 0 Å². The highest BCUT2D eigenvalue weighted by molar-refractivity contribution is 5.34. The summed E-state index contributed by atoms with van der Waals surface area (Å²) in [6, 6.07) is 11.8. The van der Waals surface area contributed by atoms with Crippen LogP contribution in [0, 0.1) is 5.82 Å². The van der Waals surface area contributed by atoms with E-state index in [1.54, 1.807) is 13.2 Å². The Kier molecular flexibility index (Phi) is 4.36. The van der Waals surface area contributed by atoms with Crippen LogP contribution in [0.4, 0.5) is 4.39 Å². The second kappa shape index (κ2) is 6.20. The first-order valence-corrected chi connectivity index (χ1v) is 5.97. The minimum absolute atomic E-state index is 0.253. The molecule has 0 unspecified atom stereocenters. The fraction of sp³-hybridized carbons (Fsp3) is 0.200. The van der Waals surface area contributed by atoms with Crippen molar-refractivity contribution in [2.24, 2.45) is 5.73 Å². The summed E-state index contributed by atoms with van der Waals surface area (Å²) in [5.74, 6) is 1.02. The van der Waals surface area contributed by atoms with Crippen molar-refractivity contribution in [1.29, 1.82) is 0 Å². The Hall–Kier alpha value is -2.07. The first kappa shape index (κ1) is 13.4. The van der Waals surface area contributed by atoms with E-state index in [2.05, 4.69) is 0 Å². The minimum atomic E-state index is -0.308. The zero-order valence-corrected chi connectivity index (χ0v) is 10.7. The van der Waals surface area contributed by atoms with E-state index in [0.717, 1.165) is 5.56 Å². The normalized spacial score (nSPS) is 10.3. The Morgan fingerprint density at radius 2 is 1.84 bits per heavy atom. The topological polar surface area (TPSA) is 44.5 Å². The van der Waals surface area contributed by atoms with E-state index in [1.165, 1.54) is 12.1 Å². The summed E-state index contributed by atoms with van der Waals surface area (Å²) in [6.07, 6.45) is 0. The van der Waals surface area contributed by atoms with Crippen molar-refractivity contribution in [3.05, 3.63) is 59.4 Å². The van der Waals surface area contributed by atoms with Crippen LogP contribution in [0.15, 0.2) is 42.5 Å². The van der Waals surface area contributed by atoms with Gasteiger partial charge in [-0.25, -0.2) is 4.39 Å². The molecular weight excluding hydrogens is 245 g/mol. The quantitative estimate of drug-likeness (QED) is 0.900. The van der Waals surface area contributed by atoms with Crippen LogP contribution in [0.1, 0.15) is 11.1 Å². The van der Waals surface area contributed by atoms with E-state index in [4.69, 9.17) is 15.2 Å². The van der Waals surface area contributed by atoms with Crippen molar-refractivity contribution in [1.82, 2.24) is 0 Å². The molecule has 0 aliphatic carbocycles. The van der Waals surface area contributed by atoms with Gasteiger partial charge in [0.1, 0.15) is 23.9 Å². The summed E-state index contributed by atoms with van der Waals surface area (Å²) in [5, 5.41) is 0. The van der Waals surface area contributed by atoms with Crippen LogP contribution in [0.25, 0.3) is 0 Å². The lowest BCUT2D eigenvalue weighted by Gasteiger charge is -2.10. The van der Waals surface area contributed by atoms with Crippen molar-refractivity contribution in [2.75, 3.05) is 7.11 Å². The Labute approximate surface area is 111 Å². The standard InChI is InChI=1S/C15H16FNO2/c1-18-15-7-4-13(16)8-12(15)10-19-14-5-2-11(9-17)3-6-14/h2-8H,9-10,17H2,1H3. The van der Waals surface area contributed by atoms with Gasteiger partial charge in [0.25, 0.3) is 0 Å². The summed E-state index contributed by atoms with van der Waals surface area (Å²) >= 11 is 0. The smallest absolute Gasteiger partial charge is 0.125 e. The highest BCUT2D eigenvalue weighted by Crippen LogP contribution is 2.21. The van der Waals surface area contributed by atoms with Crippen molar-refractivity contribution >= 4 is 0 Å². The third-order valence-electron chi connectivity index (χ3n) is 2.80. The first-order valence-electron chi connectivity index (χ1n) is 5.97. The minimum Gasteiger partial charge on any atom is -0.496 e. The molecule has 2 N–H and O–H groups in total. The van der Waals surface area contributed by atoms with E-state index >= 15 is 0 Å². The molecule has 0 aliphatic rings. The monoisotopic (exact) mass is 261 g/mol. The van der Waals surface area contributed by atoms with Gasteiger partial charge in [0, 0.05) is 12.1 Å². The number of methoxy groups -OCH3 is 1. The molecule has 0 amide bonds. The van der Waals surface area contributed by atoms with E-state index in [1.807, 2.05) is 24.3 Å². The van der Waals surface area contributed by atoms with Gasteiger partial charge in [0.2, 0.25) is 0 Å². The molecule has 0 heterocycles. The van der Waals surface area contributed by atoms with E-state index in [-0.39, 0.29) is 12.4 Å². The summed E-state index contributed by atoms with van der Waals surface area (Å²) in [6.45, 7) is 0.751. The lowest BCUT2D eigenvalue weighted by molar-refractivity contribution is 0.295. The Morgan fingerprint density at radius 1 is 1.11 bits per heavy atom. The maximum absolute atomic E-state index is 13.2. The summed E-state index contributed by atoms with van der Waals surface area (Å²) in [5.41, 5.74) is 7.23. The van der Waals surface area contributed by atoms with Gasteiger partial charge in [-0.15, -0.1) is 0 Å². The van der Waals surface area contributed by atoms with Gasteiger partial charge in [-0.3, -0.25) is 0 Å². The van der Waals surface area contributed by atoms with Crippen molar-refractivity contribution in [2.45, 2.75) is 13.2 Å². The third kappa shape index (κ3) is 3.45. The van der Waals surface area contributed by atoms with Gasteiger partial charge in [0.05, 0.1) is 7.11 Å². The van der Waals surface area contributed by atoms with Crippen molar-refractivity contribution in [3.63, 3.8) is 0 Å². The predicted molar refractivity (Wildman–Crippen MR) is 71.6 cm³/mol. The molecule has 0 spiro atoms. The molecule has 0 atom stereocenters. The second-order valence-corrected chi connectivity index (χ2v) is 4.09. The largest absolute Gasteiger partial charge is 0.496 e. The highest BCUT2D eigenvalue weighted by Gasteiger charge is 2.05. The van der Waals surface area contributed by atoms with Crippen LogP contribution in [-0.4, -0.2) is 7.11 Å². The summed E-state index contributed by atoms with van der Waals surface area (Å²) in [7, 11) is 1.55. The van der Waals surface area contributed by atoms with Crippen LogP contribution < -0.4 is 15.2 Å². The molecule has 2 rings (SSSR count). The summed E-state index contributed by atoms with van der Waals surface area (Å²) in [4.78, 5) is 0. The molecule has 100 valence electrons. The van der Waals surface area contributed by atoms with Gasteiger partial charge in [-0.2, -0.15) is 0 Å². The number of rotatable bonds is 5. The van der Waals surface area contributed by atoms with Crippen LogP contribution in [0.5, 0.6) is 11.5 Å². The fourth-order valence-corrected chi connectivity index (χ4v) is 1.74. The number of ether oxygens (including phenoxy) is 2. The maximum Gasteiger partial charge on any atom is 0.125 e. The van der Waals surface area contributed by atoms with Crippen LogP contribution in [-0.2, 0) is 13.2 Å². The average Bonchev–Trinajstić information content (AvgIpc) is 2.46. The summed E-state index contributed by atoms with van der Waals surface area (Å²) < 4.78 is 23.9. The van der Waals surface area contributed by atoms with Gasteiger partial charge in [-0.1, -0.05) is 12.1 Å². The Bertz CT molecular complexity index is 540. The number of hydrogen-bond donors (Lipinski definition) is 1. The van der Waals surface area contributed by atoms with Gasteiger partial charge in [-0.05, 0) is 35.9 Å². The molecule has 0 radical (unpaired) electrons. The highest BCUT2D eigenvalue weighted by atomic mass is 19.1. The molecule has 0 saturated heterocycles. The molecule has 0 aromatic heterocycles. The Balaban J connectivity index is 2.07. The van der Waals surface area contributed by atoms with Gasteiger partial charge >= 0.3 is 0 Å². The molecule has 0 bridgehead atoms. The zero-order chi connectivity index (χ0) is 13.7. The van der Waals surface area contributed by atoms with Gasteiger partial charge in [0.15, 0.2) is 0 Å². The maximum atomic E-state index is 13.2. The van der Waals surface area contributed by atoms with Crippen molar-refractivity contribution < 1.29 is 13.9 Å². The molecule has 0 fully saturated rings. The number of nitrogens with two attached hydrogens (primary N) is 1. The van der Waals surface area contributed by atoms with Gasteiger partial charge < -0.3 is 15.2 Å². The first-order chi connectivity index (χ1) is 9.22. The van der Waals surface area contributed by atoms with E-state index < -0.39 is 0 Å². The van der Waals surface area contributed by atoms with Crippen LogP contribution in [0.2, 0.25) is 0 Å². The molecular formula is C15H16FNO2. The second-order valence-electron chi connectivity index (χ2n) is 4.09. The fourth-order valence-electron chi connectivity index (χ4n) is 1.74. The zero-order valence-electron chi connectivity index (χ0n) is 10.7. The van der Waals surface area contributed by atoms with E-state index in [9.17, 15) is 4.39 Å². The van der Waals surface area contributed by atoms with E-state index in [0.29, 0.717) is 23.6 Å². The molecule has 4 heteroatoms. The Morgan fingerprint density at radius 3 is 2.47 bits per heavy atom. The van der Waals surface area contributed by atoms with Crippen molar-refractivity contribution in [3.8, 4) is 11.5 Å². The third-order valence-corrected chi connectivity index (χ3v) is 2.80. The molecule has 2 aromatic rings. The molecule has 0 aliphatic heterocycles. The molecule has 19 heavy (non-hydrogen) atoms. The number of halogens is 1. The lowest BCUT2D eigenvalue weighted by atomic mass is 10.2. The number of benzene rings is 2. The SMILES string of the molecule is COc1ccc(F)cc1COc1ccc(CN)cc1. The molecule has 2 aromatic carbocycles. The predicted octanol–water partition coefficient (Wildman–Crippen LogP) is 2.87. The lowest BCUT2D eigenvalue weighted by Crippen LogP contribution is -2.00.